The van der Waals surface area contributed by atoms with Crippen LogP contribution in [0, 0.1) is 0 Å². The second kappa shape index (κ2) is 5.49. The van der Waals surface area contributed by atoms with E-state index >= 15 is 0 Å². The van der Waals surface area contributed by atoms with Crippen LogP contribution in [-0.4, -0.2) is 15.6 Å². The second-order valence-electron chi connectivity index (χ2n) is 5.28. The van der Waals surface area contributed by atoms with Crippen molar-refractivity contribution >= 4 is 5.82 Å². The minimum absolute atomic E-state index is 0.0203. The van der Waals surface area contributed by atoms with Crippen molar-refractivity contribution < 1.29 is 0 Å². The molecule has 1 saturated carbocycles. The monoisotopic (exact) mass is 269 g/mol. The summed E-state index contributed by atoms with van der Waals surface area (Å²) in [5.41, 5.74) is 1.31. The van der Waals surface area contributed by atoms with Crippen molar-refractivity contribution in [3.63, 3.8) is 0 Å². The molecule has 2 atom stereocenters. The lowest BCUT2D eigenvalue weighted by atomic mass is 10.1. The summed E-state index contributed by atoms with van der Waals surface area (Å²) in [6.07, 6.45) is 5.45. The maximum Gasteiger partial charge on any atom is 0.293 e. The highest BCUT2D eigenvalue weighted by atomic mass is 16.1. The third-order valence-electron chi connectivity index (χ3n) is 3.72. The molecule has 1 aliphatic carbocycles. The number of benzene rings is 1. The summed E-state index contributed by atoms with van der Waals surface area (Å²) in [6, 6.07) is 10.7. The third kappa shape index (κ3) is 2.59. The highest BCUT2D eigenvalue weighted by molar-refractivity contribution is 5.40. The number of hydrogen-bond donors (Lipinski definition) is 1. The highest BCUT2D eigenvalue weighted by Gasteiger charge is 2.38. The van der Waals surface area contributed by atoms with Gasteiger partial charge in [-0.2, -0.15) is 0 Å². The van der Waals surface area contributed by atoms with Crippen molar-refractivity contribution in [2.24, 2.45) is 0 Å². The number of anilines is 1. The predicted octanol–water partition coefficient (Wildman–Crippen LogP) is 2.62. The van der Waals surface area contributed by atoms with Gasteiger partial charge in [0.05, 0.1) is 0 Å². The summed E-state index contributed by atoms with van der Waals surface area (Å²) in [5.74, 6) is 0.974. The molecule has 0 bridgehead atoms. The maximum atomic E-state index is 12.2. The molecule has 3 rings (SSSR count). The second-order valence-corrected chi connectivity index (χ2v) is 5.28. The van der Waals surface area contributed by atoms with E-state index in [1.165, 1.54) is 5.56 Å². The zero-order valence-electron chi connectivity index (χ0n) is 11.6. The Hall–Kier alpha value is -2.10. The largest absolute Gasteiger partial charge is 0.362 e. The summed E-state index contributed by atoms with van der Waals surface area (Å²) in [7, 11) is 0. The van der Waals surface area contributed by atoms with E-state index in [0.717, 1.165) is 19.4 Å². The van der Waals surface area contributed by atoms with E-state index < -0.39 is 0 Å². The Morgan fingerprint density at radius 2 is 2.15 bits per heavy atom. The first-order chi connectivity index (χ1) is 9.79. The van der Waals surface area contributed by atoms with Gasteiger partial charge >= 0.3 is 0 Å². The van der Waals surface area contributed by atoms with Crippen LogP contribution in [0.1, 0.15) is 31.2 Å². The lowest BCUT2D eigenvalue weighted by Gasteiger charge is -2.08. The summed E-state index contributed by atoms with van der Waals surface area (Å²) in [4.78, 5) is 16.4. The number of hydrogen-bond acceptors (Lipinski definition) is 3. The van der Waals surface area contributed by atoms with Crippen LogP contribution in [0.3, 0.4) is 0 Å². The van der Waals surface area contributed by atoms with Gasteiger partial charge in [0, 0.05) is 30.9 Å². The Morgan fingerprint density at radius 1 is 1.35 bits per heavy atom. The first-order valence-corrected chi connectivity index (χ1v) is 7.16. The Labute approximate surface area is 118 Å². The van der Waals surface area contributed by atoms with Crippen molar-refractivity contribution in [3.8, 4) is 0 Å². The molecular formula is C16H19N3O. The summed E-state index contributed by atoms with van der Waals surface area (Å²) >= 11 is 0. The molecule has 104 valence electrons. The number of rotatable bonds is 5. The van der Waals surface area contributed by atoms with E-state index in [-0.39, 0.29) is 5.56 Å². The molecule has 1 aliphatic rings. The molecule has 20 heavy (non-hydrogen) atoms. The normalized spacial score (nSPS) is 20.6. The molecule has 0 amide bonds. The van der Waals surface area contributed by atoms with Crippen LogP contribution in [0.25, 0.3) is 0 Å². The minimum atomic E-state index is -0.0203. The zero-order chi connectivity index (χ0) is 13.9. The van der Waals surface area contributed by atoms with Crippen LogP contribution < -0.4 is 10.9 Å². The fourth-order valence-corrected chi connectivity index (χ4v) is 2.56. The van der Waals surface area contributed by atoms with Crippen molar-refractivity contribution in [1.82, 2.24) is 9.55 Å². The molecular weight excluding hydrogens is 250 g/mol. The van der Waals surface area contributed by atoms with Crippen molar-refractivity contribution in [3.05, 3.63) is 58.6 Å². The molecule has 1 fully saturated rings. The summed E-state index contributed by atoms with van der Waals surface area (Å²) in [6.45, 7) is 2.80. The van der Waals surface area contributed by atoms with Gasteiger partial charge in [0.2, 0.25) is 0 Å². The van der Waals surface area contributed by atoms with Gasteiger partial charge in [-0.25, -0.2) is 4.98 Å². The fourth-order valence-electron chi connectivity index (χ4n) is 2.56. The Kier molecular flexibility index (Phi) is 3.54. The van der Waals surface area contributed by atoms with Gasteiger partial charge in [0.25, 0.3) is 5.56 Å². The third-order valence-corrected chi connectivity index (χ3v) is 3.72. The van der Waals surface area contributed by atoms with Gasteiger partial charge in [-0.1, -0.05) is 37.3 Å². The number of aromatic nitrogens is 2. The minimum Gasteiger partial charge on any atom is -0.362 e. The first kappa shape index (κ1) is 12.9. The average molecular weight is 269 g/mol. The van der Waals surface area contributed by atoms with Crippen molar-refractivity contribution in [2.75, 3.05) is 5.32 Å². The van der Waals surface area contributed by atoms with Crippen LogP contribution in [0.15, 0.2) is 47.5 Å². The molecule has 1 N–H and O–H groups in total. The number of nitrogens with one attached hydrogen (secondary N) is 1. The van der Waals surface area contributed by atoms with E-state index in [9.17, 15) is 4.79 Å². The Bertz CT molecular complexity index is 636. The van der Waals surface area contributed by atoms with Gasteiger partial charge < -0.3 is 9.88 Å². The molecule has 4 heteroatoms. The topological polar surface area (TPSA) is 46.9 Å². The molecule has 0 saturated heterocycles. The zero-order valence-corrected chi connectivity index (χ0v) is 11.6. The van der Waals surface area contributed by atoms with Crippen molar-refractivity contribution in [1.29, 1.82) is 0 Å². The van der Waals surface area contributed by atoms with E-state index in [0.29, 0.717) is 17.8 Å². The van der Waals surface area contributed by atoms with E-state index in [1.807, 2.05) is 6.07 Å². The number of aryl methyl sites for hydroxylation is 1. The predicted molar refractivity (Wildman–Crippen MR) is 80.0 cm³/mol. The first-order valence-electron chi connectivity index (χ1n) is 7.16. The van der Waals surface area contributed by atoms with E-state index in [2.05, 4.69) is 41.5 Å². The Morgan fingerprint density at radius 3 is 2.90 bits per heavy atom. The maximum absolute atomic E-state index is 12.2. The molecule has 2 aromatic rings. The molecule has 1 aromatic carbocycles. The van der Waals surface area contributed by atoms with Gasteiger partial charge in [-0.3, -0.25) is 4.79 Å². The van der Waals surface area contributed by atoms with Crippen LogP contribution in [0.2, 0.25) is 0 Å². The van der Waals surface area contributed by atoms with Crippen LogP contribution >= 0.6 is 0 Å². The van der Waals surface area contributed by atoms with Gasteiger partial charge in [-0.15, -0.1) is 0 Å². The Balaban J connectivity index is 1.71. The standard InChI is InChI=1S/C16H19N3O/c1-2-9-19-10-8-17-15(16(19)20)18-14-11-13(14)12-6-4-3-5-7-12/h3-8,10,13-14H,2,9,11H2,1H3,(H,17,18). The van der Waals surface area contributed by atoms with Crippen LogP contribution in [-0.2, 0) is 6.54 Å². The van der Waals surface area contributed by atoms with E-state index in [1.54, 1.807) is 17.0 Å². The molecule has 4 nitrogen and oxygen atoms in total. The highest BCUT2D eigenvalue weighted by Crippen LogP contribution is 2.42. The quantitative estimate of drug-likeness (QED) is 0.907. The molecule has 0 radical (unpaired) electrons. The molecule has 1 aromatic heterocycles. The van der Waals surface area contributed by atoms with Gasteiger partial charge in [-0.05, 0) is 18.4 Å². The smallest absolute Gasteiger partial charge is 0.293 e. The lowest BCUT2D eigenvalue weighted by molar-refractivity contribution is 0.649. The van der Waals surface area contributed by atoms with Gasteiger partial charge in [0.1, 0.15) is 0 Å². The lowest BCUT2D eigenvalue weighted by Crippen LogP contribution is -2.25. The molecule has 0 aliphatic heterocycles. The molecule has 2 unspecified atom stereocenters. The van der Waals surface area contributed by atoms with Crippen LogP contribution in [0.4, 0.5) is 5.82 Å². The number of nitrogens with zero attached hydrogens (tertiary/aromatic N) is 2. The van der Waals surface area contributed by atoms with E-state index in [4.69, 9.17) is 0 Å². The molecule has 0 spiro atoms. The summed E-state index contributed by atoms with van der Waals surface area (Å²) in [5, 5.41) is 3.29. The fraction of sp³-hybridized carbons (Fsp3) is 0.375. The SMILES string of the molecule is CCCn1ccnc(NC2CC2c2ccccc2)c1=O. The van der Waals surface area contributed by atoms with Crippen molar-refractivity contribution in [2.45, 2.75) is 38.3 Å². The van der Waals surface area contributed by atoms with Gasteiger partial charge in [0.15, 0.2) is 5.82 Å². The molecule has 1 heterocycles. The average Bonchev–Trinajstić information content (AvgIpc) is 3.24. The summed E-state index contributed by atoms with van der Waals surface area (Å²) < 4.78 is 1.72. The van der Waals surface area contributed by atoms with Crippen LogP contribution in [0.5, 0.6) is 0 Å².